The zero-order valence-electron chi connectivity index (χ0n) is 8.32. The van der Waals surface area contributed by atoms with E-state index >= 15 is 0 Å². The molecule has 0 aliphatic rings. The molecule has 2 aromatic rings. The summed E-state index contributed by atoms with van der Waals surface area (Å²) in [4.78, 5) is 14.5. The molecule has 1 aromatic carbocycles. The van der Waals surface area contributed by atoms with E-state index in [2.05, 4.69) is 4.98 Å². The Morgan fingerprint density at radius 2 is 2.20 bits per heavy atom. The first kappa shape index (κ1) is 12.5. The van der Waals surface area contributed by atoms with Gasteiger partial charge in [-0.3, -0.25) is 0 Å². The van der Waals surface area contributed by atoms with Crippen molar-refractivity contribution in [1.29, 1.82) is 0 Å². The van der Waals surface area contributed by atoms with Gasteiger partial charge in [0, 0.05) is 12.1 Å². The molecule has 1 aromatic heterocycles. The minimum atomic E-state index is -1.29. The third-order valence-corrected chi connectivity index (χ3v) is 2.26. The van der Waals surface area contributed by atoms with Gasteiger partial charge in [-0.1, -0.05) is 11.6 Å². The number of hydrogen-bond donors (Lipinski definition) is 0. The Kier molecular flexibility index (Phi) is 3.78. The van der Waals surface area contributed by atoms with E-state index in [0.717, 1.165) is 0 Å². The normalized spacial score (nSPS) is 10.0. The first-order chi connectivity index (χ1) is 6.59. The van der Waals surface area contributed by atoms with E-state index in [1.807, 2.05) is 0 Å². The second-order valence-corrected chi connectivity index (χ2v) is 3.35. The van der Waals surface area contributed by atoms with E-state index < -0.39 is 5.97 Å². The third-order valence-electron chi connectivity index (χ3n) is 2.03. The molecular formula is C9H6ClN2NaO2. The average Bonchev–Trinajstić information content (AvgIpc) is 2.44. The smallest absolute Gasteiger partial charge is 0.542 e. The molecule has 0 amide bonds. The van der Waals surface area contributed by atoms with Crippen molar-refractivity contribution < 1.29 is 39.5 Å². The fraction of sp³-hybridized carbons (Fsp3) is 0.111. The van der Waals surface area contributed by atoms with Crippen LogP contribution in [0.25, 0.3) is 11.0 Å². The van der Waals surface area contributed by atoms with Crippen LogP contribution < -0.4 is 34.7 Å². The van der Waals surface area contributed by atoms with E-state index in [0.29, 0.717) is 16.1 Å². The van der Waals surface area contributed by atoms with Gasteiger partial charge in [-0.2, -0.15) is 0 Å². The molecule has 0 aliphatic carbocycles. The monoisotopic (exact) mass is 232 g/mol. The van der Waals surface area contributed by atoms with Crippen molar-refractivity contribution in [2.45, 2.75) is 0 Å². The van der Waals surface area contributed by atoms with Gasteiger partial charge in [0.2, 0.25) is 0 Å². The maximum Gasteiger partial charge on any atom is 1.00 e. The molecule has 0 bridgehead atoms. The summed E-state index contributed by atoms with van der Waals surface area (Å²) in [5, 5.41) is 11.2. The quantitative estimate of drug-likeness (QED) is 0.515. The number of imidazole rings is 1. The molecule has 1 heterocycles. The largest absolute Gasteiger partial charge is 1.00 e. The first-order valence-electron chi connectivity index (χ1n) is 3.93. The van der Waals surface area contributed by atoms with Gasteiger partial charge in [0.25, 0.3) is 0 Å². The molecule has 0 spiro atoms. The Balaban J connectivity index is 0.00000112. The summed E-state index contributed by atoms with van der Waals surface area (Å²) in [6.45, 7) is 0. The number of carbonyl (C=O) groups excluding carboxylic acids is 1. The van der Waals surface area contributed by atoms with E-state index in [1.165, 1.54) is 4.57 Å². The number of benzene rings is 1. The fourth-order valence-electron chi connectivity index (χ4n) is 1.35. The number of rotatable bonds is 1. The molecule has 15 heavy (non-hydrogen) atoms. The Labute approximate surface area is 113 Å². The molecule has 0 saturated heterocycles. The van der Waals surface area contributed by atoms with E-state index in [1.54, 1.807) is 25.2 Å². The van der Waals surface area contributed by atoms with Gasteiger partial charge < -0.3 is 14.5 Å². The summed E-state index contributed by atoms with van der Waals surface area (Å²) in [6, 6.07) is 5.00. The summed E-state index contributed by atoms with van der Waals surface area (Å²) >= 11 is 5.78. The van der Waals surface area contributed by atoms with Crippen molar-refractivity contribution in [2.24, 2.45) is 7.05 Å². The molecule has 0 fully saturated rings. The van der Waals surface area contributed by atoms with Gasteiger partial charge in [0.15, 0.2) is 5.82 Å². The van der Waals surface area contributed by atoms with Crippen LogP contribution in [-0.4, -0.2) is 15.5 Å². The summed E-state index contributed by atoms with van der Waals surface area (Å²) in [5.41, 5.74) is 1.27. The summed E-state index contributed by atoms with van der Waals surface area (Å²) in [7, 11) is 1.61. The van der Waals surface area contributed by atoms with Gasteiger partial charge in [-0.15, -0.1) is 0 Å². The third kappa shape index (κ3) is 2.18. The van der Waals surface area contributed by atoms with E-state index in [-0.39, 0.29) is 35.4 Å². The van der Waals surface area contributed by atoms with Crippen molar-refractivity contribution in [3.05, 3.63) is 29.0 Å². The van der Waals surface area contributed by atoms with Crippen LogP contribution in [0.15, 0.2) is 18.2 Å². The molecular weight excluding hydrogens is 227 g/mol. The van der Waals surface area contributed by atoms with Gasteiger partial charge >= 0.3 is 29.6 Å². The molecule has 0 atom stereocenters. The maximum atomic E-state index is 10.6. The minimum absolute atomic E-state index is 0. The molecule has 0 radical (unpaired) electrons. The minimum Gasteiger partial charge on any atom is -0.542 e. The number of carbonyl (C=O) groups is 1. The van der Waals surface area contributed by atoms with Crippen LogP contribution in [-0.2, 0) is 7.05 Å². The van der Waals surface area contributed by atoms with Gasteiger partial charge in [0.1, 0.15) is 5.97 Å². The van der Waals surface area contributed by atoms with Crippen LogP contribution in [0.2, 0.25) is 5.02 Å². The predicted molar refractivity (Wildman–Crippen MR) is 50.1 cm³/mol. The molecule has 4 nitrogen and oxygen atoms in total. The number of nitrogens with zero attached hydrogens (tertiary/aromatic N) is 2. The van der Waals surface area contributed by atoms with Crippen LogP contribution in [0, 0.1) is 0 Å². The second-order valence-electron chi connectivity index (χ2n) is 2.91. The number of fused-ring (bicyclic) bond motifs is 1. The topological polar surface area (TPSA) is 58.0 Å². The van der Waals surface area contributed by atoms with Crippen molar-refractivity contribution in [3.8, 4) is 0 Å². The Hall–Kier alpha value is -0.550. The first-order valence-corrected chi connectivity index (χ1v) is 4.30. The van der Waals surface area contributed by atoms with E-state index in [4.69, 9.17) is 11.6 Å². The number of carboxylic acids is 1. The maximum absolute atomic E-state index is 10.6. The van der Waals surface area contributed by atoms with Gasteiger partial charge in [-0.05, 0) is 18.2 Å². The van der Waals surface area contributed by atoms with Gasteiger partial charge in [0.05, 0.1) is 11.0 Å². The number of hydrogen-bond acceptors (Lipinski definition) is 3. The molecule has 0 N–H and O–H groups in total. The molecule has 0 unspecified atom stereocenters. The number of aromatic nitrogens is 2. The molecule has 0 saturated carbocycles. The van der Waals surface area contributed by atoms with Crippen LogP contribution >= 0.6 is 11.6 Å². The van der Waals surface area contributed by atoms with Crippen LogP contribution in [0.5, 0.6) is 0 Å². The second kappa shape index (κ2) is 4.53. The van der Waals surface area contributed by atoms with E-state index in [9.17, 15) is 9.90 Å². The summed E-state index contributed by atoms with van der Waals surface area (Å²) in [6.07, 6.45) is 0. The van der Waals surface area contributed by atoms with Crippen LogP contribution in [0.3, 0.4) is 0 Å². The zero-order valence-corrected chi connectivity index (χ0v) is 11.1. The van der Waals surface area contributed by atoms with Gasteiger partial charge in [-0.25, -0.2) is 4.98 Å². The number of aryl methyl sites for hydroxylation is 1. The average molecular weight is 233 g/mol. The zero-order chi connectivity index (χ0) is 10.3. The summed E-state index contributed by atoms with van der Waals surface area (Å²) < 4.78 is 1.44. The predicted octanol–water partition coefficient (Wildman–Crippen LogP) is -2.41. The molecule has 72 valence electrons. The van der Waals surface area contributed by atoms with Crippen LogP contribution in [0.1, 0.15) is 10.6 Å². The van der Waals surface area contributed by atoms with Crippen molar-refractivity contribution in [1.82, 2.24) is 9.55 Å². The SMILES string of the molecule is Cn1c(C(=O)[O-])nc2ccc(Cl)cc21.[Na+]. The number of carboxylic acid groups (broad SMARTS) is 1. The number of aromatic carboxylic acids is 1. The molecule has 2 rings (SSSR count). The summed E-state index contributed by atoms with van der Waals surface area (Å²) in [5.74, 6) is -1.39. The van der Waals surface area contributed by atoms with Crippen molar-refractivity contribution in [2.75, 3.05) is 0 Å². The number of halogens is 1. The Morgan fingerprint density at radius 3 is 2.80 bits per heavy atom. The van der Waals surface area contributed by atoms with Crippen molar-refractivity contribution >= 4 is 28.6 Å². The fourth-order valence-corrected chi connectivity index (χ4v) is 1.51. The standard InChI is InChI=1S/C9H7ClN2O2.Na/c1-12-7-4-5(10)2-3-6(7)11-8(12)9(13)14;/h2-4H,1H3,(H,13,14);/q;+1/p-1. The van der Waals surface area contributed by atoms with Crippen molar-refractivity contribution in [3.63, 3.8) is 0 Å². The van der Waals surface area contributed by atoms with Crippen LogP contribution in [0.4, 0.5) is 0 Å². The molecule has 6 heteroatoms. The Morgan fingerprint density at radius 1 is 1.53 bits per heavy atom. The Bertz CT molecular complexity index is 524. The molecule has 0 aliphatic heterocycles.